The van der Waals surface area contributed by atoms with Crippen LogP contribution >= 0.6 is 0 Å². The molecule has 10 nitrogen and oxygen atoms in total. The lowest BCUT2D eigenvalue weighted by Gasteiger charge is -2.28. The second-order valence-electron chi connectivity index (χ2n) is 6.78. The lowest BCUT2D eigenvalue weighted by atomic mass is 10.2. The van der Waals surface area contributed by atoms with Crippen molar-refractivity contribution in [1.29, 1.82) is 0 Å². The number of nitrogens with one attached hydrogen (secondary N) is 1. The van der Waals surface area contributed by atoms with E-state index in [4.69, 9.17) is 14.2 Å². The van der Waals surface area contributed by atoms with Crippen LogP contribution in [0.2, 0.25) is 0 Å². The summed E-state index contributed by atoms with van der Waals surface area (Å²) in [6.07, 6.45) is -1.07. The zero-order chi connectivity index (χ0) is 22.2. The summed E-state index contributed by atoms with van der Waals surface area (Å²) in [4.78, 5) is 36.8. The SMILES string of the molecule is C[C@H](OC(=O)COc1ccccc1[N+](=O)[O-])C(=O)Nc1ccc(N2CCOCC2)cc1. The monoisotopic (exact) mass is 429 g/mol. The Hall–Kier alpha value is -3.66. The number of carbonyl (C=O) groups is 2. The summed E-state index contributed by atoms with van der Waals surface area (Å²) in [6.45, 7) is 3.86. The van der Waals surface area contributed by atoms with E-state index in [2.05, 4.69) is 10.2 Å². The number of anilines is 2. The van der Waals surface area contributed by atoms with Crippen molar-refractivity contribution in [2.75, 3.05) is 43.1 Å². The van der Waals surface area contributed by atoms with Crippen LogP contribution in [-0.2, 0) is 19.1 Å². The molecule has 0 unspecified atom stereocenters. The van der Waals surface area contributed by atoms with Gasteiger partial charge in [-0.05, 0) is 37.3 Å². The second-order valence-corrected chi connectivity index (χ2v) is 6.78. The molecule has 2 aromatic rings. The average Bonchev–Trinajstić information content (AvgIpc) is 2.79. The standard InChI is InChI=1S/C21H23N3O7/c1-15(31-20(25)14-30-19-5-3-2-4-18(19)24(27)28)21(26)22-16-6-8-17(9-7-16)23-10-12-29-13-11-23/h2-9,15H,10-14H2,1H3,(H,22,26)/t15-/m0/s1. The molecule has 3 rings (SSSR count). The summed E-state index contributed by atoms with van der Waals surface area (Å²) in [7, 11) is 0. The van der Waals surface area contributed by atoms with Gasteiger partial charge in [-0.15, -0.1) is 0 Å². The van der Waals surface area contributed by atoms with Crippen molar-refractivity contribution < 1.29 is 28.7 Å². The molecule has 1 fully saturated rings. The van der Waals surface area contributed by atoms with E-state index in [1.54, 1.807) is 18.2 Å². The number of nitro groups is 1. The van der Waals surface area contributed by atoms with Gasteiger partial charge in [-0.2, -0.15) is 0 Å². The first-order valence-electron chi connectivity index (χ1n) is 9.73. The Bertz CT molecular complexity index is 927. The minimum absolute atomic E-state index is 0.0538. The van der Waals surface area contributed by atoms with Crippen LogP contribution in [0.4, 0.5) is 17.1 Å². The van der Waals surface area contributed by atoms with E-state index >= 15 is 0 Å². The number of esters is 1. The van der Waals surface area contributed by atoms with E-state index in [0.29, 0.717) is 18.9 Å². The third-order valence-corrected chi connectivity index (χ3v) is 4.60. The third kappa shape index (κ3) is 6.16. The molecule has 0 bridgehead atoms. The normalized spacial score (nSPS) is 14.4. The maximum atomic E-state index is 12.3. The van der Waals surface area contributed by atoms with Gasteiger partial charge in [0.15, 0.2) is 18.5 Å². The van der Waals surface area contributed by atoms with E-state index < -0.39 is 29.5 Å². The summed E-state index contributed by atoms with van der Waals surface area (Å²) < 4.78 is 15.6. The van der Waals surface area contributed by atoms with Crippen LogP contribution in [0.1, 0.15) is 6.92 Å². The Kier molecular flexibility index (Phi) is 7.39. The first-order chi connectivity index (χ1) is 14.9. The van der Waals surface area contributed by atoms with Crippen molar-refractivity contribution in [3.05, 3.63) is 58.6 Å². The molecular weight excluding hydrogens is 406 g/mol. The molecule has 0 spiro atoms. The zero-order valence-electron chi connectivity index (χ0n) is 17.0. The second kappa shape index (κ2) is 10.4. The van der Waals surface area contributed by atoms with Crippen LogP contribution in [-0.4, -0.2) is 55.8 Å². The zero-order valence-corrected chi connectivity index (χ0v) is 17.0. The molecule has 0 aromatic heterocycles. The minimum Gasteiger partial charge on any atom is -0.475 e. The molecule has 0 aliphatic carbocycles. The van der Waals surface area contributed by atoms with Crippen molar-refractivity contribution in [2.24, 2.45) is 0 Å². The van der Waals surface area contributed by atoms with Crippen LogP contribution in [0, 0.1) is 10.1 Å². The molecular formula is C21H23N3O7. The molecule has 0 saturated carbocycles. The number of hydrogen-bond donors (Lipinski definition) is 1. The quantitative estimate of drug-likeness (QED) is 0.386. The van der Waals surface area contributed by atoms with Gasteiger partial charge in [0.2, 0.25) is 0 Å². The van der Waals surface area contributed by atoms with Crippen molar-refractivity contribution in [2.45, 2.75) is 13.0 Å². The van der Waals surface area contributed by atoms with Gasteiger partial charge in [0.05, 0.1) is 18.1 Å². The van der Waals surface area contributed by atoms with Gasteiger partial charge in [0.25, 0.3) is 5.91 Å². The maximum absolute atomic E-state index is 12.3. The van der Waals surface area contributed by atoms with Crippen LogP contribution in [0.3, 0.4) is 0 Å². The van der Waals surface area contributed by atoms with Crippen LogP contribution in [0.25, 0.3) is 0 Å². The minimum atomic E-state index is -1.07. The Labute approximate surface area is 178 Å². The number of ether oxygens (including phenoxy) is 3. The summed E-state index contributed by atoms with van der Waals surface area (Å²) >= 11 is 0. The Morgan fingerprint density at radius 2 is 1.84 bits per heavy atom. The molecule has 0 radical (unpaired) electrons. The molecule has 164 valence electrons. The molecule has 10 heteroatoms. The molecule has 1 amide bonds. The number of para-hydroxylation sites is 2. The lowest BCUT2D eigenvalue weighted by Crippen LogP contribution is -2.36. The Balaban J connectivity index is 1.47. The van der Waals surface area contributed by atoms with Gasteiger partial charge in [0, 0.05) is 30.5 Å². The highest BCUT2D eigenvalue weighted by atomic mass is 16.6. The third-order valence-electron chi connectivity index (χ3n) is 4.60. The fourth-order valence-corrected chi connectivity index (χ4v) is 2.97. The molecule has 1 aliphatic rings. The van der Waals surface area contributed by atoms with Crippen molar-refractivity contribution in [3.8, 4) is 5.75 Å². The van der Waals surface area contributed by atoms with E-state index in [9.17, 15) is 19.7 Å². The van der Waals surface area contributed by atoms with Gasteiger partial charge in [-0.3, -0.25) is 14.9 Å². The Morgan fingerprint density at radius 1 is 1.16 bits per heavy atom. The van der Waals surface area contributed by atoms with E-state index in [1.807, 2.05) is 12.1 Å². The molecule has 1 saturated heterocycles. The first kappa shape index (κ1) is 22.0. The summed E-state index contributed by atoms with van der Waals surface area (Å²) in [6, 6.07) is 13.0. The molecule has 31 heavy (non-hydrogen) atoms. The van der Waals surface area contributed by atoms with Gasteiger partial charge >= 0.3 is 11.7 Å². The molecule has 1 heterocycles. The number of hydrogen-bond acceptors (Lipinski definition) is 8. The van der Waals surface area contributed by atoms with Crippen molar-refractivity contribution in [3.63, 3.8) is 0 Å². The highest BCUT2D eigenvalue weighted by Crippen LogP contribution is 2.25. The fourth-order valence-electron chi connectivity index (χ4n) is 2.97. The highest BCUT2D eigenvalue weighted by molar-refractivity contribution is 5.95. The fraction of sp³-hybridized carbons (Fsp3) is 0.333. The number of morpholine rings is 1. The number of nitro benzene ring substituents is 1. The average molecular weight is 429 g/mol. The summed E-state index contributed by atoms with van der Waals surface area (Å²) in [5.41, 5.74) is 1.34. The van der Waals surface area contributed by atoms with Crippen molar-refractivity contribution >= 4 is 28.9 Å². The number of amides is 1. The maximum Gasteiger partial charge on any atom is 0.344 e. The summed E-state index contributed by atoms with van der Waals surface area (Å²) in [5, 5.41) is 13.7. The predicted molar refractivity (Wildman–Crippen MR) is 112 cm³/mol. The molecule has 1 aliphatic heterocycles. The van der Waals surface area contributed by atoms with E-state index in [-0.39, 0.29) is 11.4 Å². The number of nitrogens with zero attached hydrogens (tertiary/aromatic N) is 2. The van der Waals surface area contributed by atoms with Crippen LogP contribution in [0.15, 0.2) is 48.5 Å². The lowest BCUT2D eigenvalue weighted by molar-refractivity contribution is -0.385. The topological polar surface area (TPSA) is 120 Å². The number of carbonyl (C=O) groups excluding carboxylic acids is 2. The highest BCUT2D eigenvalue weighted by Gasteiger charge is 2.20. The first-order valence-corrected chi connectivity index (χ1v) is 9.73. The van der Waals surface area contributed by atoms with Crippen LogP contribution in [0.5, 0.6) is 5.75 Å². The van der Waals surface area contributed by atoms with Gasteiger partial charge < -0.3 is 24.4 Å². The van der Waals surface area contributed by atoms with Gasteiger partial charge in [0.1, 0.15) is 0 Å². The number of benzene rings is 2. The largest absolute Gasteiger partial charge is 0.475 e. The molecule has 2 aromatic carbocycles. The molecule has 1 atom stereocenters. The van der Waals surface area contributed by atoms with Crippen molar-refractivity contribution in [1.82, 2.24) is 0 Å². The van der Waals surface area contributed by atoms with Gasteiger partial charge in [-0.1, -0.05) is 12.1 Å². The summed E-state index contributed by atoms with van der Waals surface area (Å²) in [5.74, 6) is -1.37. The smallest absolute Gasteiger partial charge is 0.344 e. The Morgan fingerprint density at radius 3 is 2.52 bits per heavy atom. The van der Waals surface area contributed by atoms with Gasteiger partial charge in [-0.25, -0.2) is 4.79 Å². The van der Waals surface area contributed by atoms with E-state index in [0.717, 1.165) is 18.8 Å². The molecule has 1 N–H and O–H groups in total. The van der Waals surface area contributed by atoms with E-state index in [1.165, 1.54) is 25.1 Å². The predicted octanol–water partition coefficient (Wildman–Crippen LogP) is 2.38. The number of rotatable bonds is 8. The van der Waals surface area contributed by atoms with Crippen LogP contribution < -0.4 is 15.0 Å².